The molecule has 1 aromatic heterocycles. The van der Waals surface area contributed by atoms with Gasteiger partial charge in [-0.2, -0.15) is 4.98 Å². The minimum absolute atomic E-state index is 0.219. The van der Waals surface area contributed by atoms with Crippen LogP contribution in [-0.2, 0) is 0 Å². The van der Waals surface area contributed by atoms with Gasteiger partial charge in [0.2, 0.25) is 5.89 Å². The van der Waals surface area contributed by atoms with Gasteiger partial charge in [0, 0.05) is 0 Å². The normalized spacial score (nSPS) is 13.6. The van der Waals surface area contributed by atoms with Crippen LogP contribution in [0.25, 0.3) is 0 Å². The molecule has 0 N–H and O–H groups in total. The third-order valence-corrected chi connectivity index (χ3v) is 2.26. The molecule has 1 atom stereocenters. The molecule has 1 heterocycles. The summed E-state index contributed by atoms with van der Waals surface area (Å²) in [6, 6.07) is 0.219. The molecule has 0 aromatic carbocycles. The Bertz CT molecular complexity index is 255. The lowest BCUT2D eigenvalue weighted by atomic mass is 10.3. The van der Waals surface area contributed by atoms with Crippen molar-refractivity contribution in [2.24, 2.45) is 0 Å². The van der Waals surface area contributed by atoms with Crippen molar-refractivity contribution in [2.45, 2.75) is 33.7 Å². The van der Waals surface area contributed by atoms with Crippen molar-refractivity contribution < 1.29 is 4.52 Å². The van der Waals surface area contributed by atoms with Crippen LogP contribution < -0.4 is 0 Å². The highest BCUT2D eigenvalue weighted by Gasteiger charge is 2.17. The van der Waals surface area contributed by atoms with Gasteiger partial charge in [0.15, 0.2) is 5.82 Å². The smallest absolute Gasteiger partial charge is 0.243 e. The topological polar surface area (TPSA) is 42.2 Å². The molecule has 0 aliphatic carbocycles. The molecule has 0 bridgehead atoms. The second kappa shape index (κ2) is 4.37. The first-order valence-electron chi connectivity index (χ1n) is 4.73. The molecular weight excluding hydrogens is 166 g/mol. The average molecular weight is 183 g/mol. The van der Waals surface area contributed by atoms with E-state index in [4.69, 9.17) is 4.52 Å². The van der Waals surface area contributed by atoms with E-state index in [0.717, 1.165) is 13.1 Å². The van der Waals surface area contributed by atoms with E-state index >= 15 is 0 Å². The quantitative estimate of drug-likeness (QED) is 0.713. The van der Waals surface area contributed by atoms with E-state index in [9.17, 15) is 0 Å². The molecule has 1 unspecified atom stereocenters. The van der Waals surface area contributed by atoms with Crippen molar-refractivity contribution >= 4 is 0 Å². The molecule has 1 rings (SSSR count). The standard InChI is InChI=1S/C9H17N3O/c1-5-12(6-2)7(3)9-10-8(4)11-13-9/h7H,5-6H2,1-4H3. The maximum Gasteiger partial charge on any atom is 0.243 e. The van der Waals surface area contributed by atoms with E-state index in [-0.39, 0.29) is 6.04 Å². The maximum absolute atomic E-state index is 5.11. The van der Waals surface area contributed by atoms with Crippen LogP contribution in [0.4, 0.5) is 0 Å². The van der Waals surface area contributed by atoms with E-state index in [2.05, 4.69) is 35.8 Å². The molecule has 0 aliphatic heterocycles. The first-order valence-corrected chi connectivity index (χ1v) is 4.73. The molecule has 74 valence electrons. The second-order valence-electron chi connectivity index (χ2n) is 3.08. The zero-order valence-corrected chi connectivity index (χ0v) is 8.74. The molecule has 0 saturated heterocycles. The Morgan fingerprint density at radius 3 is 2.38 bits per heavy atom. The van der Waals surface area contributed by atoms with E-state index in [1.54, 1.807) is 0 Å². The van der Waals surface area contributed by atoms with Crippen LogP contribution in [0.1, 0.15) is 38.5 Å². The van der Waals surface area contributed by atoms with Gasteiger partial charge in [-0.1, -0.05) is 19.0 Å². The van der Waals surface area contributed by atoms with Crippen LogP contribution in [0.3, 0.4) is 0 Å². The van der Waals surface area contributed by atoms with Gasteiger partial charge in [0.25, 0.3) is 0 Å². The highest BCUT2D eigenvalue weighted by molar-refractivity contribution is 4.89. The zero-order chi connectivity index (χ0) is 9.84. The van der Waals surface area contributed by atoms with E-state index in [1.807, 2.05) is 6.92 Å². The second-order valence-corrected chi connectivity index (χ2v) is 3.08. The lowest BCUT2D eigenvalue weighted by Crippen LogP contribution is -2.26. The Kier molecular flexibility index (Phi) is 3.42. The minimum Gasteiger partial charge on any atom is -0.338 e. The number of hydrogen-bond acceptors (Lipinski definition) is 4. The van der Waals surface area contributed by atoms with E-state index in [1.165, 1.54) is 0 Å². The third-order valence-electron chi connectivity index (χ3n) is 2.26. The first-order chi connectivity index (χ1) is 6.19. The zero-order valence-electron chi connectivity index (χ0n) is 8.74. The Balaban J connectivity index is 2.71. The summed E-state index contributed by atoms with van der Waals surface area (Å²) in [7, 11) is 0. The van der Waals surface area contributed by atoms with Crippen LogP contribution in [-0.4, -0.2) is 28.1 Å². The fraction of sp³-hybridized carbons (Fsp3) is 0.778. The molecule has 4 heteroatoms. The van der Waals surface area contributed by atoms with E-state index < -0.39 is 0 Å². The fourth-order valence-electron chi connectivity index (χ4n) is 1.41. The van der Waals surface area contributed by atoms with Crippen LogP contribution in [0, 0.1) is 6.92 Å². The molecule has 1 aromatic rings. The molecule has 4 nitrogen and oxygen atoms in total. The number of aryl methyl sites for hydroxylation is 1. The van der Waals surface area contributed by atoms with Gasteiger partial charge < -0.3 is 4.52 Å². The summed E-state index contributed by atoms with van der Waals surface area (Å²) < 4.78 is 5.11. The molecule has 0 amide bonds. The van der Waals surface area contributed by atoms with Crippen LogP contribution in [0.5, 0.6) is 0 Å². The number of nitrogens with zero attached hydrogens (tertiary/aromatic N) is 3. The lowest BCUT2D eigenvalue weighted by Gasteiger charge is -2.22. The Hall–Kier alpha value is -0.900. The van der Waals surface area contributed by atoms with Crippen molar-refractivity contribution in [1.82, 2.24) is 15.0 Å². The molecule has 13 heavy (non-hydrogen) atoms. The van der Waals surface area contributed by atoms with Gasteiger partial charge in [-0.3, -0.25) is 4.90 Å². The molecule has 0 saturated carbocycles. The van der Waals surface area contributed by atoms with Crippen molar-refractivity contribution in [3.63, 3.8) is 0 Å². The maximum atomic E-state index is 5.11. The van der Waals surface area contributed by atoms with Gasteiger partial charge in [-0.25, -0.2) is 0 Å². The summed E-state index contributed by atoms with van der Waals surface area (Å²) in [4.78, 5) is 6.48. The molecule has 0 fully saturated rings. The highest BCUT2D eigenvalue weighted by Crippen LogP contribution is 2.16. The Morgan fingerprint density at radius 1 is 1.38 bits per heavy atom. The van der Waals surface area contributed by atoms with Gasteiger partial charge in [-0.05, 0) is 26.9 Å². The van der Waals surface area contributed by atoms with E-state index in [0.29, 0.717) is 11.7 Å². The van der Waals surface area contributed by atoms with Crippen LogP contribution >= 0.6 is 0 Å². The summed E-state index contributed by atoms with van der Waals surface area (Å²) in [5.74, 6) is 1.41. The van der Waals surface area contributed by atoms with Crippen molar-refractivity contribution in [1.29, 1.82) is 0 Å². The predicted octanol–water partition coefficient (Wildman–Crippen LogP) is 1.78. The Morgan fingerprint density at radius 2 is 2.00 bits per heavy atom. The van der Waals surface area contributed by atoms with Gasteiger partial charge >= 0.3 is 0 Å². The number of aromatic nitrogens is 2. The monoisotopic (exact) mass is 183 g/mol. The molecule has 0 aliphatic rings. The molecule has 0 spiro atoms. The van der Waals surface area contributed by atoms with Gasteiger partial charge in [0.1, 0.15) is 0 Å². The third kappa shape index (κ3) is 2.28. The summed E-state index contributed by atoms with van der Waals surface area (Å²) in [5, 5.41) is 3.78. The number of hydrogen-bond donors (Lipinski definition) is 0. The highest BCUT2D eigenvalue weighted by atomic mass is 16.5. The summed E-state index contributed by atoms with van der Waals surface area (Å²) in [6.45, 7) is 10.2. The summed E-state index contributed by atoms with van der Waals surface area (Å²) in [5.41, 5.74) is 0. The average Bonchev–Trinajstić information content (AvgIpc) is 2.54. The summed E-state index contributed by atoms with van der Waals surface area (Å²) >= 11 is 0. The fourth-order valence-corrected chi connectivity index (χ4v) is 1.41. The molecule has 0 radical (unpaired) electrons. The lowest BCUT2D eigenvalue weighted by molar-refractivity contribution is 0.189. The number of rotatable bonds is 4. The Labute approximate surface area is 78.9 Å². The molecular formula is C9H17N3O. The first kappa shape index (κ1) is 10.2. The minimum atomic E-state index is 0.219. The summed E-state index contributed by atoms with van der Waals surface area (Å²) in [6.07, 6.45) is 0. The van der Waals surface area contributed by atoms with Crippen molar-refractivity contribution in [3.05, 3.63) is 11.7 Å². The van der Waals surface area contributed by atoms with Crippen molar-refractivity contribution in [2.75, 3.05) is 13.1 Å². The van der Waals surface area contributed by atoms with Crippen LogP contribution in [0.15, 0.2) is 4.52 Å². The largest absolute Gasteiger partial charge is 0.338 e. The SMILES string of the molecule is CCN(CC)C(C)c1nc(C)no1. The van der Waals surface area contributed by atoms with Gasteiger partial charge in [0.05, 0.1) is 6.04 Å². The predicted molar refractivity (Wildman–Crippen MR) is 50.4 cm³/mol. The van der Waals surface area contributed by atoms with Gasteiger partial charge in [-0.15, -0.1) is 0 Å². The van der Waals surface area contributed by atoms with Crippen molar-refractivity contribution in [3.8, 4) is 0 Å². The van der Waals surface area contributed by atoms with Crippen LogP contribution in [0.2, 0.25) is 0 Å².